The molecule has 0 bridgehead atoms. The third-order valence-electron chi connectivity index (χ3n) is 4.24. The zero-order valence-electron chi connectivity index (χ0n) is 13.0. The van der Waals surface area contributed by atoms with Crippen LogP contribution in [0.3, 0.4) is 0 Å². The van der Waals surface area contributed by atoms with E-state index in [2.05, 4.69) is 10.1 Å². The second-order valence-corrected chi connectivity index (χ2v) is 6.68. The average Bonchev–Trinajstić information content (AvgIpc) is 3.29. The lowest BCUT2D eigenvalue weighted by molar-refractivity contribution is 0.152. The van der Waals surface area contributed by atoms with Gasteiger partial charge >= 0.3 is 0 Å². The molecule has 2 heterocycles. The molecule has 24 heavy (non-hydrogen) atoms. The summed E-state index contributed by atoms with van der Waals surface area (Å²) in [7, 11) is 0. The molecular weight excluding hydrogens is 328 g/mol. The maximum absolute atomic E-state index is 12.6. The number of aliphatic hydroxyl groups is 1. The molecule has 0 aliphatic heterocycles. The molecule has 0 amide bonds. The fourth-order valence-corrected chi connectivity index (χ4v) is 3.12. The maximum atomic E-state index is 12.6. The van der Waals surface area contributed by atoms with Gasteiger partial charge in [-0.05, 0) is 30.5 Å². The van der Waals surface area contributed by atoms with E-state index in [1.54, 1.807) is 12.3 Å². The first kappa shape index (κ1) is 15.4. The Morgan fingerprint density at radius 2 is 2.21 bits per heavy atom. The maximum Gasteiger partial charge on any atom is 0.264 e. The van der Waals surface area contributed by atoms with E-state index in [4.69, 9.17) is 11.6 Å². The van der Waals surface area contributed by atoms with Gasteiger partial charge in [0.15, 0.2) is 5.65 Å². The predicted molar refractivity (Wildman–Crippen MR) is 91.2 cm³/mol. The van der Waals surface area contributed by atoms with Gasteiger partial charge in [0.1, 0.15) is 11.7 Å². The highest BCUT2D eigenvalue weighted by molar-refractivity contribution is 6.30. The van der Waals surface area contributed by atoms with Crippen LogP contribution in [-0.4, -0.2) is 30.5 Å². The molecule has 6 nitrogen and oxygen atoms in total. The van der Waals surface area contributed by atoms with Gasteiger partial charge in [0.05, 0.1) is 24.9 Å². The molecule has 1 fully saturated rings. The predicted octanol–water partition coefficient (Wildman–Crippen LogP) is 2.18. The number of hydrogen-bond acceptors (Lipinski definition) is 4. The van der Waals surface area contributed by atoms with Crippen LogP contribution in [0.25, 0.3) is 11.0 Å². The smallest absolute Gasteiger partial charge is 0.264 e. The van der Waals surface area contributed by atoms with Crippen molar-refractivity contribution in [2.75, 3.05) is 0 Å². The zero-order valence-corrected chi connectivity index (χ0v) is 13.7. The van der Waals surface area contributed by atoms with Crippen LogP contribution in [0, 0.1) is 0 Å². The van der Waals surface area contributed by atoms with Gasteiger partial charge in [0.25, 0.3) is 5.56 Å². The summed E-state index contributed by atoms with van der Waals surface area (Å²) >= 11 is 5.96. The average molecular weight is 345 g/mol. The number of fused-ring (bicyclic) bond motifs is 1. The van der Waals surface area contributed by atoms with Crippen molar-refractivity contribution in [1.82, 2.24) is 19.3 Å². The van der Waals surface area contributed by atoms with Gasteiger partial charge in [-0.15, -0.1) is 0 Å². The Hall–Kier alpha value is -2.18. The van der Waals surface area contributed by atoms with E-state index in [-0.39, 0.29) is 12.1 Å². The molecule has 4 rings (SSSR count). The lowest BCUT2D eigenvalue weighted by Gasteiger charge is -2.12. The lowest BCUT2D eigenvalue weighted by Crippen LogP contribution is -2.28. The summed E-state index contributed by atoms with van der Waals surface area (Å²) in [5.41, 5.74) is 1.39. The molecule has 3 aromatic rings. The highest BCUT2D eigenvalue weighted by Crippen LogP contribution is 2.35. The monoisotopic (exact) mass is 344 g/mol. The van der Waals surface area contributed by atoms with Gasteiger partial charge < -0.3 is 5.11 Å². The van der Waals surface area contributed by atoms with Gasteiger partial charge in [-0.1, -0.05) is 23.7 Å². The number of halogens is 1. The minimum atomic E-state index is -0.695. The third-order valence-corrected chi connectivity index (χ3v) is 4.48. The van der Waals surface area contributed by atoms with E-state index >= 15 is 0 Å². The van der Waals surface area contributed by atoms with Crippen LogP contribution in [0.1, 0.15) is 24.4 Å². The van der Waals surface area contributed by atoms with Crippen molar-refractivity contribution in [3.05, 3.63) is 57.7 Å². The topological polar surface area (TPSA) is 72.9 Å². The number of nitrogens with zero attached hydrogens (tertiary/aromatic N) is 4. The van der Waals surface area contributed by atoms with Crippen LogP contribution in [0.2, 0.25) is 5.02 Å². The Labute approximate surface area is 143 Å². The van der Waals surface area contributed by atoms with Crippen LogP contribution in [0.15, 0.2) is 41.6 Å². The summed E-state index contributed by atoms with van der Waals surface area (Å²) in [5, 5.41) is 15.7. The number of benzene rings is 1. The molecule has 124 valence electrons. The van der Waals surface area contributed by atoms with Crippen LogP contribution >= 0.6 is 11.6 Å². The number of aliphatic hydroxyl groups excluding tert-OH is 1. The van der Waals surface area contributed by atoms with E-state index in [1.165, 1.54) is 10.9 Å². The summed E-state index contributed by atoms with van der Waals surface area (Å²) < 4.78 is 3.26. The van der Waals surface area contributed by atoms with Gasteiger partial charge in [0, 0.05) is 11.4 Å². The van der Waals surface area contributed by atoms with E-state index in [0.29, 0.717) is 28.5 Å². The summed E-state index contributed by atoms with van der Waals surface area (Å²) in [6.07, 6.45) is 4.96. The van der Waals surface area contributed by atoms with Crippen LogP contribution in [-0.2, 0) is 13.0 Å². The largest absolute Gasteiger partial charge is 0.391 e. The van der Waals surface area contributed by atoms with Crippen LogP contribution in [0.4, 0.5) is 0 Å². The molecule has 1 aliphatic carbocycles. The van der Waals surface area contributed by atoms with E-state index in [9.17, 15) is 9.90 Å². The van der Waals surface area contributed by atoms with Crippen molar-refractivity contribution in [2.24, 2.45) is 0 Å². The Bertz CT molecular complexity index is 945. The molecule has 1 aliphatic rings. The molecule has 1 atom stereocenters. The van der Waals surface area contributed by atoms with Gasteiger partial charge in [-0.3, -0.25) is 9.36 Å². The third kappa shape index (κ3) is 2.95. The fourth-order valence-electron chi connectivity index (χ4n) is 2.91. The molecule has 1 saturated carbocycles. The first-order valence-corrected chi connectivity index (χ1v) is 8.35. The molecule has 0 saturated heterocycles. The molecule has 0 spiro atoms. The Morgan fingerprint density at radius 3 is 2.96 bits per heavy atom. The molecule has 2 aromatic heterocycles. The second kappa shape index (κ2) is 6.03. The first-order chi connectivity index (χ1) is 11.6. The molecule has 1 unspecified atom stereocenters. The molecule has 7 heteroatoms. The Morgan fingerprint density at radius 1 is 1.38 bits per heavy atom. The number of aromatic nitrogens is 4. The normalized spacial score (nSPS) is 15.8. The van der Waals surface area contributed by atoms with Crippen molar-refractivity contribution in [3.8, 4) is 0 Å². The molecule has 0 radical (unpaired) electrons. The number of rotatable bonds is 5. The van der Waals surface area contributed by atoms with E-state index in [0.717, 1.165) is 18.4 Å². The van der Waals surface area contributed by atoms with Gasteiger partial charge in [-0.2, -0.15) is 5.10 Å². The van der Waals surface area contributed by atoms with Crippen molar-refractivity contribution in [2.45, 2.75) is 38.0 Å². The lowest BCUT2D eigenvalue weighted by atomic mass is 10.1. The van der Waals surface area contributed by atoms with Gasteiger partial charge in [0.2, 0.25) is 0 Å². The van der Waals surface area contributed by atoms with E-state index in [1.807, 2.05) is 22.9 Å². The summed E-state index contributed by atoms with van der Waals surface area (Å²) in [5.74, 6) is 0. The van der Waals surface area contributed by atoms with Crippen molar-refractivity contribution < 1.29 is 5.11 Å². The summed E-state index contributed by atoms with van der Waals surface area (Å²) in [6.45, 7) is 0.183. The number of hydrogen-bond donors (Lipinski definition) is 1. The van der Waals surface area contributed by atoms with Crippen molar-refractivity contribution >= 4 is 22.6 Å². The zero-order chi connectivity index (χ0) is 16.7. The molecule has 1 N–H and O–H groups in total. The highest BCUT2D eigenvalue weighted by atomic mass is 35.5. The summed E-state index contributed by atoms with van der Waals surface area (Å²) in [4.78, 5) is 16.9. The Balaban J connectivity index is 1.55. The Kier molecular flexibility index (Phi) is 3.86. The molecule has 1 aromatic carbocycles. The second-order valence-electron chi connectivity index (χ2n) is 6.25. The van der Waals surface area contributed by atoms with Crippen LogP contribution < -0.4 is 5.56 Å². The van der Waals surface area contributed by atoms with Crippen LogP contribution in [0.5, 0.6) is 0 Å². The minimum absolute atomic E-state index is 0.169. The standard InChI is InChI=1S/C17H17ClN4O2/c18-12-3-1-2-11(6-12)7-14(23)9-21-10-19-16-15(17(21)24)8-20-22(16)13-4-5-13/h1-3,6,8,10,13-14,23H,4-5,7,9H2. The quantitative estimate of drug-likeness (QED) is 0.770. The van der Waals surface area contributed by atoms with Crippen molar-refractivity contribution in [1.29, 1.82) is 0 Å². The highest BCUT2D eigenvalue weighted by Gasteiger charge is 2.27. The SMILES string of the molecule is O=c1c2cnn(C3CC3)c2ncn1CC(O)Cc1cccc(Cl)c1. The molecular formula is C17H17ClN4O2. The van der Waals surface area contributed by atoms with Gasteiger partial charge in [-0.25, -0.2) is 9.67 Å². The first-order valence-electron chi connectivity index (χ1n) is 7.97. The minimum Gasteiger partial charge on any atom is -0.391 e. The van der Waals surface area contributed by atoms with E-state index < -0.39 is 6.10 Å². The van der Waals surface area contributed by atoms with Crippen molar-refractivity contribution in [3.63, 3.8) is 0 Å². The summed E-state index contributed by atoms with van der Waals surface area (Å²) in [6, 6.07) is 7.72. The fraction of sp³-hybridized carbons (Fsp3) is 0.353.